The third-order valence-electron chi connectivity index (χ3n) is 5.15. The zero-order valence-corrected chi connectivity index (χ0v) is 16.6. The summed E-state index contributed by atoms with van der Waals surface area (Å²) in [6, 6.07) is 7.82. The fourth-order valence-corrected chi connectivity index (χ4v) is 3.81. The van der Waals surface area contributed by atoms with E-state index in [1.807, 2.05) is 31.3 Å². The number of likely N-dealkylation sites (N-methyl/N-ethyl adjacent to an activating group) is 1. The molecular formula is C20H26N6O3. The Kier molecular flexibility index (Phi) is 5.61. The average Bonchev–Trinajstić information content (AvgIpc) is 3.40. The van der Waals surface area contributed by atoms with Gasteiger partial charge in [-0.05, 0) is 13.5 Å². The summed E-state index contributed by atoms with van der Waals surface area (Å²) >= 11 is 0. The van der Waals surface area contributed by atoms with E-state index in [4.69, 9.17) is 20.3 Å². The number of aromatic nitrogens is 4. The molecule has 0 aliphatic carbocycles. The van der Waals surface area contributed by atoms with E-state index in [0.29, 0.717) is 36.4 Å². The molecule has 1 saturated heterocycles. The number of hydrogen-bond donors (Lipinski definition) is 3. The molecule has 1 aliphatic heterocycles. The van der Waals surface area contributed by atoms with Crippen molar-refractivity contribution in [2.45, 2.75) is 32.1 Å². The highest BCUT2D eigenvalue weighted by Crippen LogP contribution is 2.33. The average molecular weight is 398 g/mol. The monoisotopic (exact) mass is 398 g/mol. The van der Waals surface area contributed by atoms with E-state index in [0.717, 1.165) is 24.0 Å². The topological polar surface area (TPSA) is 120 Å². The minimum Gasteiger partial charge on any atom is -0.382 e. The predicted octanol–water partition coefficient (Wildman–Crippen LogP) is 1.97. The van der Waals surface area contributed by atoms with Gasteiger partial charge in [-0.15, -0.1) is 0 Å². The van der Waals surface area contributed by atoms with Crippen molar-refractivity contribution in [3.8, 4) is 11.3 Å². The van der Waals surface area contributed by atoms with Gasteiger partial charge in [0.15, 0.2) is 12.1 Å². The third-order valence-corrected chi connectivity index (χ3v) is 5.15. The van der Waals surface area contributed by atoms with Crippen LogP contribution >= 0.6 is 0 Å². The molecule has 1 atom stereocenters. The highest BCUT2D eigenvalue weighted by molar-refractivity contribution is 5.99. The number of nitrogens with one attached hydrogen (secondary N) is 2. The zero-order chi connectivity index (χ0) is 20.4. The number of anilines is 1. The Morgan fingerprint density at radius 3 is 2.69 bits per heavy atom. The number of aromatic amines is 1. The summed E-state index contributed by atoms with van der Waals surface area (Å²) in [5.41, 5.74) is 8.76. The Bertz CT molecular complexity index is 1030. The molecule has 3 heterocycles. The zero-order valence-electron chi connectivity index (χ0n) is 16.6. The summed E-state index contributed by atoms with van der Waals surface area (Å²) in [7, 11) is 1.89. The van der Waals surface area contributed by atoms with Gasteiger partial charge in [-0.25, -0.2) is 5.10 Å². The highest BCUT2D eigenvalue weighted by Gasteiger charge is 2.24. The lowest BCUT2D eigenvalue weighted by Gasteiger charge is -2.17. The summed E-state index contributed by atoms with van der Waals surface area (Å²) < 4.78 is 12.9. The first kappa shape index (κ1) is 19.6. The van der Waals surface area contributed by atoms with Gasteiger partial charge in [0.1, 0.15) is 11.2 Å². The number of hydrogen-bond acceptors (Lipinski definition) is 7. The highest BCUT2D eigenvalue weighted by atomic mass is 16.7. The van der Waals surface area contributed by atoms with Crippen molar-refractivity contribution in [1.82, 2.24) is 25.3 Å². The largest absolute Gasteiger partial charge is 0.382 e. The molecule has 9 nitrogen and oxygen atoms in total. The number of nitrogens with zero attached hydrogens (tertiary/aromatic N) is 3. The van der Waals surface area contributed by atoms with Crippen molar-refractivity contribution in [2.75, 3.05) is 32.5 Å². The maximum Gasteiger partial charge on any atom is 0.290 e. The van der Waals surface area contributed by atoms with Crippen LogP contribution in [0.4, 0.5) is 5.82 Å². The first-order chi connectivity index (χ1) is 14.1. The number of ether oxygens (including phenoxy) is 2. The molecule has 1 aliphatic rings. The lowest BCUT2D eigenvalue weighted by molar-refractivity contribution is -0.0441. The molecule has 0 amide bonds. The fourth-order valence-electron chi connectivity index (χ4n) is 3.81. The van der Waals surface area contributed by atoms with Gasteiger partial charge >= 0.3 is 0 Å². The lowest BCUT2D eigenvalue weighted by Crippen LogP contribution is -2.25. The molecule has 4 N–H and O–H groups in total. The van der Waals surface area contributed by atoms with Crippen LogP contribution in [0.25, 0.3) is 22.2 Å². The maximum absolute atomic E-state index is 12.6. The van der Waals surface area contributed by atoms with Gasteiger partial charge in [0, 0.05) is 17.7 Å². The fraction of sp³-hybridized carbons (Fsp3) is 0.450. The summed E-state index contributed by atoms with van der Waals surface area (Å²) in [6.07, 6.45) is 1.52. The van der Waals surface area contributed by atoms with Crippen molar-refractivity contribution in [3.05, 3.63) is 40.2 Å². The van der Waals surface area contributed by atoms with E-state index >= 15 is 0 Å². The Hall–Kier alpha value is -2.75. The number of fused-ring (bicyclic) bond motifs is 1. The van der Waals surface area contributed by atoms with Crippen LogP contribution in [0.3, 0.4) is 0 Å². The number of rotatable bonds is 7. The number of nitrogen functional groups attached to an aromatic ring is 1. The van der Waals surface area contributed by atoms with Crippen molar-refractivity contribution < 1.29 is 9.47 Å². The molecule has 1 unspecified atom stereocenters. The number of nitrogens with two attached hydrogens (primary N) is 1. The van der Waals surface area contributed by atoms with Gasteiger partial charge in [0.2, 0.25) is 0 Å². The summed E-state index contributed by atoms with van der Waals surface area (Å²) in [6.45, 7) is 4.00. The van der Waals surface area contributed by atoms with Crippen LogP contribution in [0.1, 0.15) is 37.7 Å². The SMILES string of the molecule is CCCC(CNC)n1nc(-c2ccc(C3OCCO3)cc2)c2c(N)n[nH]c(=O)c21. The van der Waals surface area contributed by atoms with Crippen LogP contribution in [0, 0.1) is 0 Å². The van der Waals surface area contributed by atoms with E-state index in [2.05, 4.69) is 22.4 Å². The molecule has 29 heavy (non-hydrogen) atoms. The lowest BCUT2D eigenvalue weighted by atomic mass is 10.1. The van der Waals surface area contributed by atoms with Crippen molar-refractivity contribution >= 4 is 16.7 Å². The molecule has 0 bridgehead atoms. The molecule has 1 fully saturated rings. The Labute approximate surface area is 168 Å². The summed E-state index contributed by atoms with van der Waals surface area (Å²) in [5.74, 6) is 0.257. The van der Waals surface area contributed by atoms with Crippen molar-refractivity contribution in [1.29, 1.82) is 0 Å². The van der Waals surface area contributed by atoms with Gasteiger partial charge < -0.3 is 20.5 Å². The molecule has 9 heteroatoms. The summed E-state index contributed by atoms with van der Waals surface area (Å²) in [4.78, 5) is 12.6. The molecule has 0 saturated carbocycles. The van der Waals surface area contributed by atoms with Crippen LogP contribution in [0.15, 0.2) is 29.1 Å². The van der Waals surface area contributed by atoms with Crippen molar-refractivity contribution in [3.63, 3.8) is 0 Å². The third kappa shape index (κ3) is 3.64. The second kappa shape index (κ2) is 8.32. The predicted molar refractivity (Wildman–Crippen MR) is 111 cm³/mol. The number of benzene rings is 1. The Morgan fingerprint density at radius 1 is 1.31 bits per heavy atom. The molecule has 3 aromatic rings. The maximum atomic E-state index is 12.6. The first-order valence-electron chi connectivity index (χ1n) is 9.88. The van der Waals surface area contributed by atoms with Crippen molar-refractivity contribution in [2.24, 2.45) is 0 Å². The van der Waals surface area contributed by atoms with Crippen LogP contribution in [0.5, 0.6) is 0 Å². The van der Waals surface area contributed by atoms with Gasteiger partial charge in [-0.3, -0.25) is 9.48 Å². The van der Waals surface area contributed by atoms with E-state index in [-0.39, 0.29) is 23.7 Å². The summed E-state index contributed by atoms with van der Waals surface area (Å²) in [5, 5.41) is 15.0. The molecule has 4 rings (SSSR count). The van der Waals surface area contributed by atoms with Crippen LogP contribution < -0.4 is 16.6 Å². The standard InChI is InChI=1S/C20H26N6O3/c1-3-4-14(11-22-2)26-17-15(18(21)23-24-19(17)27)16(25-26)12-5-7-13(8-6-12)20-28-9-10-29-20/h5-8,14,20,22H,3-4,9-11H2,1-2H3,(H2,21,23)(H,24,27). The van der Waals surface area contributed by atoms with E-state index in [1.54, 1.807) is 4.68 Å². The minimum absolute atomic E-state index is 0.0312. The minimum atomic E-state index is -0.336. The molecule has 154 valence electrons. The molecule has 0 radical (unpaired) electrons. The smallest absolute Gasteiger partial charge is 0.290 e. The second-order valence-electron chi connectivity index (χ2n) is 7.15. The quantitative estimate of drug-likeness (QED) is 0.556. The van der Waals surface area contributed by atoms with E-state index in [9.17, 15) is 4.79 Å². The van der Waals surface area contributed by atoms with E-state index < -0.39 is 0 Å². The second-order valence-corrected chi connectivity index (χ2v) is 7.15. The van der Waals surface area contributed by atoms with Crippen LogP contribution in [-0.4, -0.2) is 46.8 Å². The Balaban J connectivity index is 1.84. The van der Waals surface area contributed by atoms with Gasteiger partial charge in [-0.1, -0.05) is 37.6 Å². The molecule has 2 aromatic heterocycles. The first-order valence-corrected chi connectivity index (χ1v) is 9.88. The van der Waals surface area contributed by atoms with E-state index in [1.165, 1.54) is 0 Å². The van der Waals surface area contributed by atoms with Gasteiger partial charge in [0.25, 0.3) is 5.56 Å². The Morgan fingerprint density at radius 2 is 2.03 bits per heavy atom. The van der Waals surface area contributed by atoms with Gasteiger partial charge in [-0.2, -0.15) is 10.2 Å². The van der Waals surface area contributed by atoms with Gasteiger partial charge in [0.05, 0.1) is 24.6 Å². The number of H-pyrrole nitrogens is 1. The molecule has 1 aromatic carbocycles. The molecular weight excluding hydrogens is 372 g/mol. The van der Waals surface area contributed by atoms with Crippen LogP contribution in [0.2, 0.25) is 0 Å². The normalized spacial score (nSPS) is 15.9. The van der Waals surface area contributed by atoms with Crippen LogP contribution in [-0.2, 0) is 9.47 Å². The molecule has 0 spiro atoms.